The van der Waals surface area contributed by atoms with E-state index in [1.807, 2.05) is 0 Å². The van der Waals surface area contributed by atoms with Crippen molar-refractivity contribution in [2.75, 3.05) is 25.4 Å². The zero-order chi connectivity index (χ0) is 42.9. The van der Waals surface area contributed by atoms with Crippen LogP contribution < -0.4 is 11.2 Å². The van der Waals surface area contributed by atoms with Gasteiger partial charge < -0.3 is 35.9 Å². The van der Waals surface area contributed by atoms with E-state index in [4.69, 9.17) is 22.2 Å². The van der Waals surface area contributed by atoms with Crippen LogP contribution in [0.25, 0.3) is 0 Å². The molecule has 3 aliphatic heterocycles. The molecule has 310 valence electrons. The molecule has 0 unspecified atom stereocenters. The van der Waals surface area contributed by atoms with Crippen LogP contribution in [-0.4, -0.2) is 134 Å². The summed E-state index contributed by atoms with van der Waals surface area (Å²) in [4.78, 5) is 124. The fourth-order valence-corrected chi connectivity index (χ4v) is 8.58. The number of carbonyl (C=O) groups excluding carboxylic acids is 7. The Balaban J connectivity index is 1.14. The largest absolute Gasteiger partial charge is 0.504 e. The summed E-state index contributed by atoms with van der Waals surface area (Å²) in [6.45, 7) is 1.52. The van der Waals surface area contributed by atoms with Crippen molar-refractivity contribution in [3.63, 3.8) is 0 Å². The van der Waals surface area contributed by atoms with Gasteiger partial charge in [-0.25, -0.2) is 24.4 Å². The lowest BCUT2D eigenvalue weighted by atomic mass is 9.90. The second-order valence-electron chi connectivity index (χ2n) is 13.8. The minimum absolute atomic E-state index is 0.0267. The van der Waals surface area contributed by atoms with E-state index in [0.29, 0.717) is 0 Å². The number of hydrazine groups is 1. The van der Waals surface area contributed by atoms with E-state index in [-0.39, 0.29) is 61.6 Å². The molecule has 3 saturated heterocycles. The van der Waals surface area contributed by atoms with Gasteiger partial charge in [-0.15, -0.1) is 11.3 Å². The Morgan fingerprint density at radius 1 is 1.03 bits per heavy atom. The molecule has 7 N–H and O–H groups in total. The van der Waals surface area contributed by atoms with E-state index in [0.717, 1.165) is 45.1 Å². The third kappa shape index (κ3) is 8.55. The first kappa shape index (κ1) is 43.3. The number of urea groups is 1. The Hall–Kier alpha value is -5.81. The molecule has 0 spiro atoms. The number of Topliss-reactive ketones (excluding diaryl/α,β-unsaturated/α-hetero) is 4. The lowest BCUT2D eigenvalue weighted by Gasteiger charge is -2.40. The number of nitrogens with two attached hydrogens (primary N) is 1. The number of thiazole rings is 1. The van der Waals surface area contributed by atoms with Gasteiger partial charge in [-0.05, 0) is 38.8 Å². The van der Waals surface area contributed by atoms with Crippen molar-refractivity contribution >= 4 is 98.5 Å². The van der Waals surface area contributed by atoms with Crippen LogP contribution in [0.2, 0.25) is 5.02 Å². The molecule has 58 heavy (non-hydrogen) atoms. The van der Waals surface area contributed by atoms with E-state index in [1.54, 1.807) is 0 Å². The number of aliphatic carboxylic acids is 2. The number of oxime groups is 1. The molecular weight excluding hydrogens is 830 g/mol. The Morgan fingerprint density at radius 2 is 1.71 bits per heavy atom. The SMILES string of the molecule is CC(C)(O/N=C(\C(=O)C[C@@H]1C(=O)N2C[C@@](C(=O)O)(N3CCN(NC(=O)C(=O)CCCCCC(=O)C(=O)c4ccc(O)c(O)c4Cl)C3=O)S[C@H]12)c1csc(N)n1)C(=O)O. The maximum absolute atomic E-state index is 13.5. The molecule has 4 heterocycles. The van der Waals surface area contributed by atoms with Gasteiger partial charge in [0.25, 0.3) is 0 Å². The summed E-state index contributed by atoms with van der Waals surface area (Å²) in [5.41, 5.74) is 5.34. The van der Waals surface area contributed by atoms with Crippen molar-refractivity contribution in [1.29, 1.82) is 0 Å². The standard InChI is InChI=1S/C34H36ClN7O14S2/c1-33(2,29(51)52)56-39-23(17-13-57-31(36)37-17)21(46)12-16-27(50)40-14-34(30(53)54,58-28(16)40)41-10-11-42(32(41)55)38-26(49)20(45)7-5-3-4-6-18(43)24(47)15-8-9-19(44)25(48)22(15)35/h8-9,13,16,28,44,48H,3-7,10-12,14H2,1-2H3,(H2,36,37)(H,38,49)(H,51,52)(H,53,54)/b39-23-/t16-,28-,34-/m1/s1. The number of ketones is 4. The van der Waals surface area contributed by atoms with E-state index in [2.05, 4.69) is 15.6 Å². The number of amides is 4. The number of carboxylic acid groups (broad SMARTS) is 2. The van der Waals surface area contributed by atoms with Gasteiger partial charge in [-0.1, -0.05) is 34.9 Å². The molecule has 3 aliphatic rings. The molecule has 0 saturated carbocycles. The average Bonchev–Trinajstić information content (AvgIpc) is 3.88. The molecule has 0 aliphatic carbocycles. The van der Waals surface area contributed by atoms with Gasteiger partial charge in [0.2, 0.25) is 33.7 Å². The topological polar surface area (TPSA) is 317 Å². The molecule has 5 rings (SSSR count). The minimum atomic E-state index is -2.03. The molecule has 2 aromatic rings. The van der Waals surface area contributed by atoms with Crippen LogP contribution in [-0.2, 0) is 38.4 Å². The van der Waals surface area contributed by atoms with E-state index in [9.17, 15) is 63.6 Å². The molecule has 3 atom stereocenters. The number of nitrogen functional groups attached to an aromatic ring is 1. The third-order valence-electron chi connectivity index (χ3n) is 9.44. The molecule has 3 fully saturated rings. The number of β-lactam (4-membered cyclic amide) rings is 1. The first-order valence-electron chi connectivity index (χ1n) is 17.4. The highest BCUT2D eigenvalue weighted by Crippen LogP contribution is 2.53. The van der Waals surface area contributed by atoms with Crippen molar-refractivity contribution in [1.82, 2.24) is 25.2 Å². The summed E-state index contributed by atoms with van der Waals surface area (Å²) in [6, 6.07) is 1.15. The maximum Gasteiger partial charge on any atom is 0.350 e. The number of anilines is 1. The smallest absolute Gasteiger partial charge is 0.350 e. The van der Waals surface area contributed by atoms with E-state index in [1.165, 1.54) is 24.1 Å². The number of carbonyl (C=O) groups is 9. The first-order valence-corrected chi connectivity index (χ1v) is 19.5. The van der Waals surface area contributed by atoms with Crippen molar-refractivity contribution in [3.8, 4) is 11.5 Å². The van der Waals surface area contributed by atoms with E-state index >= 15 is 0 Å². The number of phenolic OH excluding ortho intramolecular Hbond substituents is 2. The summed E-state index contributed by atoms with van der Waals surface area (Å²) in [5, 5.41) is 43.6. The van der Waals surface area contributed by atoms with Crippen LogP contribution in [0.1, 0.15) is 68.4 Å². The van der Waals surface area contributed by atoms with Gasteiger partial charge in [-0.3, -0.25) is 39.1 Å². The second-order valence-corrected chi connectivity index (χ2v) is 16.4. The van der Waals surface area contributed by atoms with Crippen molar-refractivity contribution in [3.05, 3.63) is 33.8 Å². The number of carboxylic acids is 2. The van der Waals surface area contributed by atoms with Gasteiger partial charge >= 0.3 is 23.9 Å². The van der Waals surface area contributed by atoms with Crippen LogP contribution in [0.3, 0.4) is 0 Å². The summed E-state index contributed by atoms with van der Waals surface area (Å²) in [7, 11) is 0. The van der Waals surface area contributed by atoms with Crippen molar-refractivity contribution < 1.29 is 68.4 Å². The number of aromatic nitrogens is 1. The molecule has 4 amide bonds. The molecule has 21 nitrogen and oxygen atoms in total. The minimum Gasteiger partial charge on any atom is -0.504 e. The van der Waals surface area contributed by atoms with Gasteiger partial charge in [0.05, 0.1) is 29.4 Å². The second kappa shape index (κ2) is 17.0. The highest BCUT2D eigenvalue weighted by molar-refractivity contribution is 8.02. The Labute approximate surface area is 341 Å². The van der Waals surface area contributed by atoms with Crippen LogP contribution in [0.4, 0.5) is 9.93 Å². The number of halogens is 1. The Morgan fingerprint density at radius 3 is 2.33 bits per heavy atom. The number of thioether (sulfide) groups is 1. The maximum atomic E-state index is 13.5. The predicted molar refractivity (Wildman–Crippen MR) is 202 cm³/mol. The molecule has 1 aromatic carbocycles. The number of aromatic hydroxyl groups is 2. The van der Waals surface area contributed by atoms with Crippen LogP contribution >= 0.6 is 34.7 Å². The number of rotatable bonds is 19. The molecule has 1 aromatic heterocycles. The zero-order valence-electron chi connectivity index (χ0n) is 30.6. The summed E-state index contributed by atoms with van der Waals surface area (Å²) < 4.78 is 0. The van der Waals surface area contributed by atoms with Crippen LogP contribution in [0.5, 0.6) is 11.5 Å². The van der Waals surface area contributed by atoms with Gasteiger partial charge in [0.1, 0.15) is 5.69 Å². The zero-order valence-corrected chi connectivity index (χ0v) is 33.0. The normalized spacial score (nSPS) is 20.4. The van der Waals surface area contributed by atoms with Gasteiger partial charge in [0.15, 0.2) is 28.1 Å². The average molecular weight is 866 g/mol. The van der Waals surface area contributed by atoms with Gasteiger partial charge in [0, 0.05) is 36.8 Å². The number of fused-ring (bicyclic) bond motifs is 1. The van der Waals surface area contributed by atoms with Gasteiger partial charge in [-0.2, -0.15) is 0 Å². The summed E-state index contributed by atoms with van der Waals surface area (Å²) in [5.74, 6) is -10.4. The number of nitrogens with zero attached hydrogens (tertiary/aromatic N) is 5. The first-order chi connectivity index (χ1) is 27.2. The van der Waals surface area contributed by atoms with Crippen LogP contribution in [0.15, 0.2) is 22.7 Å². The number of hydrogen-bond acceptors (Lipinski definition) is 17. The number of benzene rings is 1. The fourth-order valence-electron chi connectivity index (χ4n) is 6.10. The van der Waals surface area contributed by atoms with Crippen molar-refractivity contribution in [2.24, 2.45) is 11.1 Å². The quantitative estimate of drug-likeness (QED) is 0.0221. The molecular formula is C34H36ClN7O14S2. The Bertz CT molecular complexity index is 2140. The molecule has 0 bridgehead atoms. The monoisotopic (exact) mass is 865 g/mol. The lowest BCUT2D eigenvalue weighted by Crippen LogP contribution is -2.60. The highest BCUT2D eigenvalue weighted by Gasteiger charge is 2.66. The van der Waals surface area contributed by atoms with Crippen LogP contribution in [0, 0.1) is 5.92 Å². The highest BCUT2D eigenvalue weighted by atomic mass is 35.5. The summed E-state index contributed by atoms with van der Waals surface area (Å²) in [6.07, 6.45) is -0.436. The molecule has 0 radical (unpaired) electrons. The van der Waals surface area contributed by atoms with E-state index < -0.39 is 110 Å². The lowest BCUT2D eigenvalue weighted by molar-refractivity contribution is -0.161. The Kier molecular flexibility index (Phi) is 12.7. The molecule has 24 heteroatoms. The number of phenols is 2. The third-order valence-corrected chi connectivity index (χ3v) is 12.2. The number of nitrogens with one attached hydrogen (secondary N) is 1. The predicted octanol–water partition coefficient (Wildman–Crippen LogP) is 1.39. The van der Waals surface area contributed by atoms with Crippen molar-refractivity contribution in [2.45, 2.75) is 68.2 Å². The fraction of sp³-hybridized carbons (Fsp3) is 0.441. The summed E-state index contributed by atoms with van der Waals surface area (Å²) >= 11 is 7.57. The number of unbranched alkanes of at least 4 members (excludes halogenated alkanes) is 2. The number of hydrogen-bond donors (Lipinski definition) is 6.